The summed E-state index contributed by atoms with van der Waals surface area (Å²) in [7, 11) is 4.08. The molecule has 1 N–H and O–H groups in total. The standard InChI is InChI=1S/C21H32N6O2S/c1-14-20(30-15(2)23-14)21(29)22-8-11-27-18(13-25(4)5)12-19(24-27)17-6-9-26(10-7-17)16(3)28/h12,17H,6-11,13H2,1-5H3,(H,22,29). The van der Waals surface area contributed by atoms with Crippen LogP contribution in [0.25, 0.3) is 0 Å². The van der Waals surface area contributed by atoms with Crippen LogP contribution in [0, 0.1) is 13.8 Å². The fourth-order valence-corrected chi connectivity index (χ4v) is 4.75. The third-order valence-corrected chi connectivity index (χ3v) is 6.51. The van der Waals surface area contributed by atoms with Crippen LogP contribution in [0.1, 0.15) is 57.4 Å². The number of nitrogens with zero attached hydrogens (tertiary/aromatic N) is 5. The van der Waals surface area contributed by atoms with Gasteiger partial charge in [-0.15, -0.1) is 11.3 Å². The first-order valence-corrected chi connectivity index (χ1v) is 11.2. The molecule has 1 saturated heterocycles. The predicted octanol–water partition coefficient (Wildman–Crippen LogP) is 2.17. The summed E-state index contributed by atoms with van der Waals surface area (Å²) in [6, 6.07) is 2.19. The van der Waals surface area contributed by atoms with Crippen molar-refractivity contribution >= 4 is 23.2 Å². The second kappa shape index (κ2) is 9.70. The van der Waals surface area contributed by atoms with Gasteiger partial charge < -0.3 is 15.1 Å². The number of piperidine rings is 1. The molecule has 1 aliphatic rings. The third-order valence-electron chi connectivity index (χ3n) is 5.44. The van der Waals surface area contributed by atoms with Gasteiger partial charge in [-0.05, 0) is 46.9 Å². The number of thiazole rings is 1. The van der Waals surface area contributed by atoms with Gasteiger partial charge in [0.2, 0.25) is 5.91 Å². The highest BCUT2D eigenvalue weighted by Crippen LogP contribution is 2.28. The Morgan fingerprint density at radius 1 is 1.27 bits per heavy atom. The third kappa shape index (κ3) is 5.46. The summed E-state index contributed by atoms with van der Waals surface area (Å²) < 4.78 is 2.01. The molecule has 0 spiro atoms. The summed E-state index contributed by atoms with van der Waals surface area (Å²) in [5.41, 5.74) is 3.01. The molecule has 2 aromatic heterocycles. The molecule has 0 saturated carbocycles. The van der Waals surface area contributed by atoms with Crippen LogP contribution in [0.15, 0.2) is 6.07 Å². The molecule has 1 fully saturated rings. The van der Waals surface area contributed by atoms with Crippen molar-refractivity contribution in [3.63, 3.8) is 0 Å². The molecule has 0 bridgehead atoms. The molecule has 30 heavy (non-hydrogen) atoms. The van der Waals surface area contributed by atoms with Gasteiger partial charge >= 0.3 is 0 Å². The van der Waals surface area contributed by atoms with Gasteiger partial charge in [0.05, 0.1) is 28.6 Å². The lowest BCUT2D eigenvalue weighted by atomic mass is 9.93. The summed E-state index contributed by atoms with van der Waals surface area (Å²) >= 11 is 1.43. The quantitative estimate of drug-likeness (QED) is 0.725. The number of amides is 2. The number of aromatic nitrogens is 3. The molecule has 0 atom stereocenters. The summed E-state index contributed by atoms with van der Waals surface area (Å²) in [4.78, 5) is 33.1. The fourth-order valence-electron chi connectivity index (χ4n) is 3.91. The molecule has 2 aromatic rings. The molecule has 2 amide bonds. The molecule has 3 rings (SSSR count). The maximum Gasteiger partial charge on any atom is 0.263 e. The lowest BCUT2D eigenvalue weighted by Gasteiger charge is -2.30. The number of hydrogen-bond donors (Lipinski definition) is 1. The van der Waals surface area contributed by atoms with Gasteiger partial charge in [-0.1, -0.05) is 0 Å². The monoisotopic (exact) mass is 432 g/mol. The van der Waals surface area contributed by atoms with Gasteiger partial charge in [0, 0.05) is 39.0 Å². The first-order chi connectivity index (χ1) is 14.2. The topological polar surface area (TPSA) is 83.4 Å². The first-order valence-electron chi connectivity index (χ1n) is 10.4. The first kappa shape index (κ1) is 22.4. The molecular formula is C21H32N6O2S. The van der Waals surface area contributed by atoms with Crippen molar-refractivity contribution in [2.45, 2.75) is 52.6 Å². The van der Waals surface area contributed by atoms with E-state index in [1.54, 1.807) is 6.92 Å². The normalized spacial score (nSPS) is 15.1. The molecule has 0 radical (unpaired) electrons. The minimum absolute atomic E-state index is 0.0729. The lowest BCUT2D eigenvalue weighted by molar-refractivity contribution is -0.129. The van der Waals surface area contributed by atoms with Gasteiger partial charge in [0.1, 0.15) is 4.88 Å². The maximum absolute atomic E-state index is 12.5. The minimum atomic E-state index is -0.0729. The molecule has 0 unspecified atom stereocenters. The highest BCUT2D eigenvalue weighted by molar-refractivity contribution is 7.13. The molecule has 3 heterocycles. The molecule has 0 aliphatic carbocycles. The van der Waals surface area contributed by atoms with Crippen LogP contribution < -0.4 is 5.32 Å². The van der Waals surface area contributed by atoms with Crippen molar-refractivity contribution in [1.82, 2.24) is 29.9 Å². The summed E-state index contributed by atoms with van der Waals surface area (Å²) in [6.45, 7) is 8.92. The zero-order valence-electron chi connectivity index (χ0n) is 18.6. The van der Waals surface area contributed by atoms with Crippen molar-refractivity contribution in [3.8, 4) is 0 Å². The molecular weight excluding hydrogens is 400 g/mol. The number of carbonyl (C=O) groups is 2. The molecule has 8 nitrogen and oxygen atoms in total. The van der Waals surface area contributed by atoms with Crippen LogP contribution >= 0.6 is 11.3 Å². The second-order valence-electron chi connectivity index (χ2n) is 8.21. The van der Waals surface area contributed by atoms with Gasteiger partial charge in [0.25, 0.3) is 5.91 Å². The Labute approximate surface area is 182 Å². The second-order valence-corrected chi connectivity index (χ2v) is 9.41. The number of rotatable bonds is 7. The van der Waals surface area contributed by atoms with Crippen molar-refractivity contribution < 1.29 is 9.59 Å². The number of nitrogens with one attached hydrogen (secondary N) is 1. The smallest absolute Gasteiger partial charge is 0.263 e. The van der Waals surface area contributed by atoms with Crippen LogP contribution in [0.5, 0.6) is 0 Å². The SMILES string of the molecule is CC(=O)N1CCC(c2cc(CN(C)C)n(CCNC(=O)c3sc(C)nc3C)n2)CC1. The number of likely N-dealkylation sites (tertiary alicyclic amines) is 1. The zero-order chi connectivity index (χ0) is 21.8. The van der Waals surface area contributed by atoms with Crippen LogP contribution in [0.3, 0.4) is 0 Å². The van der Waals surface area contributed by atoms with Gasteiger partial charge in [-0.2, -0.15) is 5.10 Å². The van der Waals surface area contributed by atoms with Gasteiger partial charge in [-0.3, -0.25) is 14.3 Å². The Morgan fingerprint density at radius 2 is 1.97 bits per heavy atom. The van der Waals surface area contributed by atoms with E-state index in [1.165, 1.54) is 11.3 Å². The minimum Gasteiger partial charge on any atom is -0.349 e. The Morgan fingerprint density at radius 3 is 2.53 bits per heavy atom. The predicted molar refractivity (Wildman–Crippen MR) is 118 cm³/mol. The van der Waals surface area contributed by atoms with E-state index in [4.69, 9.17) is 5.10 Å². The molecule has 1 aliphatic heterocycles. The Kier molecular flexibility index (Phi) is 7.25. The average molecular weight is 433 g/mol. The van der Waals surface area contributed by atoms with E-state index >= 15 is 0 Å². The van der Waals surface area contributed by atoms with Crippen molar-refractivity contribution in [3.05, 3.63) is 33.0 Å². The van der Waals surface area contributed by atoms with Crippen LogP contribution in [-0.4, -0.2) is 70.1 Å². The Balaban J connectivity index is 1.64. The number of hydrogen-bond acceptors (Lipinski definition) is 6. The van der Waals surface area contributed by atoms with E-state index in [2.05, 4.69) is 21.3 Å². The van der Waals surface area contributed by atoms with Crippen molar-refractivity contribution in [2.24, 2.45) is 0 Å². The number of aryl methyl sites for hydroxylation is 2. The largest absolute Gasteiger partial charge is 0.349 e. The zero-order valence-corrected chi connectivity index (χ0v) is 19.4. The Hall–Kier alpha value is -2.26. The molecule has 164 valence electrons. The van der Waals surface area contributed by atoms with E-state index in [1.807, 2.05) is 37.5 Å². The summed E-state index contributed by atoms with van der Waals surface area (Å²) in [6.07, 6.45) is 1.89. The highest BCUT2D eigenvalue weighted by Gasteiger charge is 2.25. The fraction of sp³-hybridized carbons (Fsp3) is 0.619. The van der Waals surface area contributed by atoms with Crippen molar-refractivity contribution in [1.29, 1.82) is 0 Å². The van der Waals surface area contributed by atoms with Crippen LogP contribution in [0.2, 0.25) is 0 Å². The van der Waals surface area contributed by atoms with E-state index in [-0.39, 0.29) is 11.8 Å². The maximum atomic E-state index is 12.5. The summed E-state index contributed by atoms with van der Waals surface area (Å²) in [5, 5.41) is 8.78. The van der Waals surface area contributed by atoms with Gasteiger partial charge in [-0.25, -0.2) is 4.98 Å². The summed E-state index contributed by atoms with van der Waals surface area (Å²) in [5.74, 6) is 0.450. The molecule has 9 heteroatoms. The van der Waals surface area contributed by atoms with Crippen LogP contribution in [-0.2, 0) is 17.9 Å². The van der Waals surface area contributed by atoms with E-state index in [0.29, 0.717) is 23.9 Å². The van der Waals surface area contributed by atoms with Crippen LogP contribution in [0.4, 0.5) is 0 Å². The highest BCUT2D eigenvalue weighted by atomic mass is 32.1. The number of carbonyl (C=O) groups excluding carboxylic acids is 2. The van der Waals surface area contributed by atoms with Crippen molar-refractivity contribution in [2.75, 3.05) is 33.7 Å². The van der Waals surface area contributed by atoms with E-state index in [0.717, 1.165) is 54.6 Å². The van der Waals surface area contributed by atoms with Gasteiger partial charge in [0.15, 0.2) is 0 Å². The average Bonchev–Trinajstić information content (AvgIpc) is 3.23. The lowest BCUT2D eigenvalue weighted by Crippen LogP contribution is -2.36. The Bertz CT molecular complexity index is 895. The molecule has 0 aromatic carbocycles. The van der Waals surface area contributed by atoms with E-state index in [9.17, 15) is 9.59 Å². The van der Waals surface area contributed by atoms with E-state index < -0.39 is 0 Å².